The van der Waals surface area contributed by atoms with Gasteiger partial charge in [0.25, 0.3) is 0 Å². The summed E-state index contributed by atoms with van der Waals surface area (Å²) in [4.78, 5) is 1.20. The zero-order valence-electron chi connectivity index (χ0n) is 10.5. The molecule has 1 rings (SSSR count). The van der Waals surface area contributed by atoms with Crippen molar-refractivity contribution in [2.45, 2.75) is 31.0 Å². The SMILES string of the molecule is COC(COC(C)C)CSc1ccc(Cl)cc1. The molecule has 0 aliphatic heterocycles. The molecule has 0 N–H and O–H groups in total. The maximum absolute atomic E-state index is 5.83. The Balaban J connectivity index is 2.34. The summed E-state index contributed by atoms with van der Waals surface area (Å²) in [5, 5.41) is 0.765. The molecule has 2 nitrogen and oxygen atoms in total. The van der Waals surface area contributed by atoms with Gasteiger partial charge < -0.3 is 9.47 Å². The van der Waals surface area contributed by atoms with Crippen LogP contribution in [0, 0.1) is 0 Å². The Kier molecular flexibility index (Phi) is 6.97. The molecule has 96 valence electrons. The number of ether oxygens (including phenoxy) is 2. The Labute approximate surface area is 113 Å². The minimum Gasteiger partial charge on any atom is -0.378 e. The molecule has 0 aliphatic carbocycles. The average Bonchev–Trinajstić information content (AvgIpc) is 2.31. The second kappa shape index (κ2) is 7.98. The van der Waals surface area contributed by atoms with Gasteiger partial charge >= 0.3 is 0 Å². The van der Waals surface area contributed by atoms with Gasteiger partial charge in [-0.1, -0.05) is 11.6 Å². The molecule has 0 spiro atoms. The molecule has 0 heterocycles. The van der Waals surface area contributed by atoms with Gasteiger partial charge in [-0.3, -0.25) is 0 Å². The van der Waals surface area contributed by atoms with Gasteiger partial charge in [0.2, 0.25) is 0 Å². The minimum absolute atomic E-state index is 0.123. The van der Waals surface area contributed by atoms with Gasteiger partial charge in [-0.15, -0.1) is 11.8 Å². The van der Waals surface area contributed by atoms with E-state index in [1.807, 2.05) is 38.1 Å². The molecule has 0 aliphatic rings. The predicted molar refractivity (Wildman–Crippen MR) is 74.1 cm³/mol. The third-order valence-electron chi connectivity index (χ3n) is 2.20. The second-order valence-corrected chi connectivity index (χ2v) is 5.53. The number of hydrogen-bond donors (Lipinski definition) is 0. The van der Waals surface area contributed by atoms with E-state index in [1.54, 1.807) is 18.9 Å². The quantitative estimate of drug-likeness (QED) is 0.703. The molecule has 0 amide bonds. The van der Waals surface area contributed by atoms with E-state index in [4.69, 9.17) is 21.1 Å². The minimum atomic E-state index is 0.123. The standard InChI is InChI=1S/C13H19ClO2S/c1-10(2)16-8-12(15-3)9-17-13-6-4-11(14)5-7-13/h4-7,10,12H,8-9H2,1-3H3. The summed E-state index contributed by atoms with van der Waals surface area (Å²) in [5.41, 5.74) is 0. The Morgan fingerprint density at radius 2 is 1.88 bits per heavy atom. The summed E-state index contributed by atoms with van der Waals surface area (Å²) in [6, 6.07) is 7.83. The molecule has 0 bridgehead atoms. The zero-order chi connectivity index (χ0) is 12.7. The first-order chi connectivity index (χ1) is 8.11. The summed E-state index contributed by atoms with van der Waals surface area (Å²) in [5.74, 6) is 0.880. The molecule has 4 heteroatoms. The molecule has 1 aromatic rings. The number of thioether (sulfide) groups is 1. The predicted octanol–water partition coefficient (Wildman–Crippen LogP) is 3.87. The summed E-state index contributed by atoms with van der Waals surface area (Å²) >= 11 is 7.58. The van der Waals surface area contributed by atoms with Gasteiger partial charge in [0.05, 0.1) is 18.8 Å². The van der Waals surface area contributed by atoms with Crippen molar-refractivity contribution in [2.75, 3.05) is 19.5 Å². The van der Waals surface area contributed by atoms with Crippen LogP contribution in [0.1, 0.15) is 13.8 Å². The lowest BCUT2D eigenvalue weighted by molar-refractivity contribution is -0.00478. The van der Waals surface area contributed by atoms with Crippen LogP contribution in [0.4, 0.5) is 0 Å². The van der Waals surface area contributed by atoms with E-state index >= 15 is 0 Å². The highest BCUT2D eigenvalue weighted by Crippen LogP contribution is 2.21. The molecule has 17 heavy (non-hydrogen) atoms. The Hall–Kier alpha value is -0.220. The van der Waals surface area contributed by atoms with Gasteiger partial charge in [0.1, 0.15) is 0 Å². The Morgan fingerprint density at radius 1 is 1.24 bits per heavy atom. The first-order valence-corrected chi connectivity index (χ1v) is 7.01. The van der Waals surface area contributed by atoms with Crippen LogP contribution in [0.5, 0.6) is 0 Å². The van der Waals surface area contributed by atoms with Gasteiger partial charge in [-0.05, 0) is 38.1 Å². The molecule has 1 atom stereocenters. The average molecular weight is 275 g/mol. The number of halogens is 1. The normalized spacial score (nSPS) is 13.0. The first kappa shape index (κ1) is 14.8. The maximum atomic E-state index is 5.83. The van der Waals surface area contributed by atoms with Gasteiger partial charge in [0.15, 0.2) is 0 Å². The fraction of sp³-hybridized carbons (Fsp3) is 0.538. The molecular formula is C13H19ClO2S. The summed E-state index contributed by atoms with van der Waals surface area (Å²) < 4.78 is 10.9. The van der Waals surface area contributed by atoms with Crippen LogP contribution in [0.2, 0.25) is 5.02 Å². The fourth-order valence-electron chi connectivity index (χ4n) is 1.20. The molecule has 1 unspecified atom stereocenters. The monoisotopic (exact) mass is 274 g/mol. The van der Waals surface area contributed by atoms with Crippen LogP contribution in [-0.2, 0) is 9.47 Å². The molecule has 0 aromatic heterocycles. The fourth-order valence-corrected chi connectivity index (χ4v) is 2.27. The van der Waals surface area contributed by atoms with E-state index in [2.05, 4.69) is 0 Å². The lowest BCUT2D eigenvalue weighted by atomic mass is 10.4. The Bertz CT molecular complexity index is 314. The van der Waals surface area contributed by atoms with Crippen LogP contribution >= 0.6 is 23.4 Å². The Morgan fingerprint density at radius 3 is 2.41 bits per heavy atom. The van der Waals surface area contributed by atoms with Gasteiger partial charge in [-0.2, -0.15) is 0 Å². The number of hydrogen-bond acceptors (Lipinski definition) is 3. The van der Waals surface area contributed by atoms with Crippen molar-refractivity contribution >= 4 is 23.4 Å². The van der Waals surface area contributed by atoms with E-state index in [0.29, 0.717) is 6.61 Å². The molecular weight excluding hydrogens is 256 g/mol. The highest BCUT2D eigenvalue weighted by atomic mass is 35.5. The topological polar surface area (TPSA) is 18.5 Å². The summed E-state index contributed by atoms with van der Waals surface area (Å²) in [7, 11) is 1.72. The highest BCUT2D eigenvalue weighted by molar-refractivity contribution is 7.99. The number of rotatable bonds is 7. The largest absolute Gasteiger partial charge is 0.378 e. The van der Waals surface area contributed by atoms with Crippen molar-refractivity contribution in [3.05, 3.63) is 29.3 Å². The van der Waals surface area contributed by atoms with Gasteiger partial charge in [0, 0.05) is 22.8 Å². The van der Waals surface area contributed by atoms with Crippen molar-refractivity contribution in [3.63, 3.8) is 0 Å². The molecule has 0 radical (unpaired) electrons. The van der Waals surface area contributed by atoms with Crippen molar-refractivity contribution in [1.82, 2.24) is 0 Å². The third-order valence-corrected chi connectivity index (χ3v) is 3.59. The third kappa shape index (κ3) is 6.32. The van der Waals surface area contributed by atoms with Gasteiger partial charge in [-0.25, -0.2) is 0 Å². The lowest BCUT2D eigenvalue weighted by Gasteiger charge is -2.16. The zero-order valence-corrected chi connectivity index (χ0v) is 12.1. The summed E-state index contributed by atoms with van der Waals surface area (Å²) in [6.07, 6.45) is 0.367. The van der Waals surface area contributed by atoms with Crippen LogP contribution in [0.3, 0.4) is 0 Å². The number of benzene rings is 1. The van der Waals surface area contributed by atoms with Crippen LogP contribution < -0.4 is 0 Å². The van der Waals surface area contributed by atoms with E-state index < -0.39 is 0 Å². The summed E-state index contributed by atoms with van der Waals surface area (Å²) in [6.45, 7) is 4.69. The van der Waals surface area contributed by atoms with Crippen molar-refractivity contribution in [1.29, 1.82) is 0 Å². The molecule has 0 saturated heterocycles. The van der Waals surface area contributed by atoms with Crippen LogP contribution in [-0.4, -0.2) is 31.7 Å². The maximum Gasteiger partial charge on any atom is 0.0898 e. The van der Waals surface area contributed by atoms with E-state index in [9.17, 15) is 0 Å². The van der Waals surface area contributed by atoms with Crippen molar-refractivity contribution < 1.29 is 9.47 Å². The van der Waals surface area contributed by atoms with Crippen molar-refractivity contribution in [2.24, 2.45) is 0 Å². The first-order valence-electron chi connectivity index (χ1n) is 5.64. The lowest BCUT2D eigenvalue weighted by Crippen LogP contribution is -2.23. The molecule has 1 aromatic carbocycles. The van der Waals surface area contributed by atoms with Crippen molar-refractivity contribution in [3.8, 4) is 0 Å². The van der Waals surface area contributed by atoms with Crippen LogP contribution in [0.25, 0.3) is 0 Å². The van der Waals surface area contributed by atoms with E-state index in [-0.39, 0.29) is 12.2 Å². The highest BCUT2D eigenvalue weighted by Gasteiger charge is 2.09. The van der Waals surface area contributed by atoms with E-state index in [1.165, 1.54) is 4.90 Å². The second-order valence-electron chi connectivity index (χ2n) is 4.00. The molecule has 0 fully saturated rings. The van der Waals surface area contributed by atoms with Crippen LogP contribution in [0.15, 0.2) is 29.2 Å². The smallest absolute Gasteiger partial charge is 0.0898 e. The molecule has 0 saturated carbocycles. The van der Waals surface area contributed by atoms with E-state index in [0.717, 1.165) is 10.8 Å². The number of methoxy groups -OCH3 is 1.